The number of anilines is 1. The Labute approximate surface area is 176 Å². The molecule has 5 rings (SSSR count). The highest BCUT2D eigenvalue weighted by Gasteiger charge is 2.47. The molecule has 152 valence electrons. The van der Waals surface area contributed by atoms with Crippen molar-refractivity contribution in [1.29, 1.82) is 0 Å². The lowest BCUT2D eigenvalue weighted by molar-refractivity contribution is 0.278. The normalized spacial score (nSPS) is 23.7. The highest BCUT2D eigenvalue weighted by molar-refractivity contribution is 5.85. The lowest BCUT2D eigenvalue weighted by Crippen LogP contribution is -2.29. The molecule has 0 aliphatic carbocycles. The Morgan fingerprint density at radius 1 is 1.00 bits per heavy atom. The molecule has 3 aromatic rings. The molecule has 6 nitrogen and oxygen atoms in total. The van der Waals surface area contributed by atoms with Gasteiger partial charge in [0.05, 0.1) is 7.11 Å². The molecule has 0 spiro atoms. The lowest BCUT2D eigenvalue weighted by atomic mass is 9.89. The molecule has 0 bridgehead atoms. The number of hydrogen-bond donors (Lipinski definition) is 0. The zero-order chi connectivity index (χ0) is 19.1. The molecule has 0 saturated carbocycles. The van der Waals surface area contributed by atoms with E-state index in [4.69, 9.17) is 9.26 Å². The van der Waals surface area contributed by atoms with E-state index < -0.39 is 0 Å². The molecule has 0 unspecified atom stereocenters. The average molecular weight is 413 g/mol. The van der Waals surface area contributed by atoms with E-state index in [9.17, 15) is 0 Å². The Hall–Kier alpha value is -2.57. The van der Waals surface area contributed by atoms with E-state index in [2.05, 4.69) is 39.1 Å². The average Bonchev–Trinajstić information content (AvgIpc) is 3.43. The number of likely N-dealkylation sites (tertiary alicyclic amines) is 1. The van der Waals surface area contributed by atoms with Crippen LogP contribution in [0.1, 0.15) is 11.6 Å². The van der Waals surface area contributed by atoms with Crippen LogP contribution in [-0.4, -0.2) is 48.8 Å². The van der Waals surface area contributed by atoms with E-state index in [1.54, 1.807) is 7.11 Å². The SMILES string of the molecule is COc1ccc([C@@H]2[C@@H]3CN(c4nc(-c5ccccc5)no4)C[C@@H]3CN2C)cc1.Cl. The van der Waals surface area contributed by atoms with Crippen molar-refractivity contribution in [2.45, 2.75) is 6.04 Å². The first kappa shape index (κ1) is 19.7. The van der Waals surface area contributed by atoms with Crippen molar-refractivity contribution < 1.29 is 9.26 Å². The standard InChI is InChI=1S/C22H24N4O2.ClH/c1-25-12-17-13-26(22-23-21(24-28-22)16-6-4-3-5-7-16)14-19(17)20(25)15-8-10-18(27-2)11-9-15;/h3-11,17,19-20H,12-14H2,1-2H3;1H/t17-,19+,20+;/m0./s1. The molecule has 7 heteroatoms. The van der Waals surface area contributed by atoms with E-state index in [1.807, 2.05) is 42.5 Å². The second-order valence-corrected chi connectivity index (χ2v) is 7.75. The maximum atomic E-state index is 5.60. The van der Waals surface area contributed by atoms with Gasteiger partial charge in [0.15, 0.2) is 0 Å². The molecule has 2 saturated heterocycles. The van der Waals surface area contributed by atoms with Crippen LogP contribution in [0.25, 0.3) is 11.4 Å². The van der Waals surface area contributed by atoms with Crippen LogP contribution in [0.3, 0.4) is 0 Å². The third-order valence-electron chi connectivity index (χ3n) is 6.07. The van der Waals surface area contributed by atoms with Gasteiger partial charge in [-0.15, -0.1) is 12.4 Å². The highest BCUT2D eigenvalue weighted by atomic mass is 35.5. The molecule has 29 heavy (non-hydrogen) atoms. The summed E-state index contributed by atoms with van der Waals surface area (Å²) in [7, 11) is 3.92. The summed E-state index contributed by atoms with van der Waals surface area (Å²) < 4.78 is 10.9. The Morgan fingerprint density at radius 3 is 2.48 bits per heavy atom. The number of rotatable bonds is 4. The molecule has 1 aromatic heterocycles. The second kappa shape index (κ2) is 8.05. The van der Waals surface area contributed by atoms with Crippen molar-refractivity contribution in [3.05, 3.63) is 60.2 Å². The van der Waals surface area contributed by atoms with E-state index in [0.717, 1.165) is 30.9 Å². The van der Waals surface area contributed by atoms with Gasteiger partial charge in [-0.25, -0.2) is 0 Å². The monoisotopic (exact) mass is 412 g/mol. The van der Waals surface area contributed by atoms with Crippen LogP contribution in [0.2, 0.25) is 0 Å². The van der Waals surface area contributed by atoms with Crippen LogP contribution in [0.5, 0.6) is 5.75 Å². The molecule has 2 aliphatic rings. The van der Waals surface area contributed by atoms with Gasteiger partial charge < -0.3 is 14.2 Å². The Balaban J connectivity index is 0.00000205. The largest absolute Gasteiger partial charge is 0.497 e. The van der Waals surface area contributed by atoms with Crippen LogP contribution in [0, 0.1) is 11.8 Å². The topological polar surface area (TPSA) is 54.6 Å². The van der Waals surface area contributed by atoms with E-state index >= 15 is 0 Å². The van der Waals surface area contributed by atoms with Crippen molar-refractivity contribution in [3.63, 3.8) is 0 Å². The number of halogens is 1. The third kappa shape index (κ3) is 3.58. The minimum absolute atomic E-state index is 0. The summed E-state index contributed by atoms with van der Waals surface area (Å²) in [6.45, 7) is 2.97. The van der Waals surface area contributed by atoms with Crippen molar-refractivity contribution in [2.24, 2.45) is 11.8 Å². The fraction of sp³-hybridized carbons (Fsp3) is 0.364. The van der Waals surface area contributed by atoms with Crippen LogP contribution in [0.4, 0.5) is 6.01 Å². The van der Waals surface area contributed by atoms with Crippen molar-refractivity contribution in [1.82, 2.24) is 15.0 Å². The Bertz CT molecular complexity index is 947. The van der Waals surface area contributed by atoms with Gasteiger partial charge in [0.2, 0.25) is 5.82 Å². The number of methoxy groups -OCH3 is 1. The van der Waals surface area contributed by atoms with E-state index in [0.29, 0.717) is 29.7 Å². The van der Waals surface area contributed by atoms with Crippen LogP contribution < -0.4 is 9.64 Å². The second-order valence-electron chi connectivity index (χ2n) is 7.75. The Morgan fingerprint density at radius 2 is 1.76 bits per heavy atom. The van der Waals surface area contributed by atoms with Gasteiger partial charge in [0.1, 0.15) is 5.75 Å². The molecular weight excluding hydrogens is 388 g/mol. The van der Waals surface area contributed by atoms with Crippen molar-refractivity contribution in [3.8, 4) is 17.1 Å². The molecular formula is C22H25ClN4O2. The maximum Gasteiger partial charge on any atom is 0.324 e. The number of fused-ring (bicyclic) bond motifs is 1. The van der Waals surface area contributed by atoms with Gasteiger partial charge in [-0.3, -0.25) is 4.90 Å². The summed E-state index contributed by atoms with van der Waals surface area (Å²) in [5.74, 6) is 2.69. The molecule has 2 aliphatic heterocycles. The maximum absolute atomic E-state index is 5.60. The number of aromatic nitrogens is 2. The fourth-order valence-electron chi connectivity index (χ4n) is 4.77. The summed E-state index contributed by atoms with van der Waals surface area (Å²) in [4.78, 5) is 9.37. The van der Waals surface area contributed by atoms with Crippen LogP contribution in [0.15, 0.2) is 59.1 Å². The van der Waals surface area contributed by atoms with E-state index in [-0.39, 0.29) is 12.4 Å². The minimum atomic E-state index is 0. The minimum Gasteiger partial charge on any atom is -0.497 e. The summed E-state index contributed by atoms with van der Waals surface area (Å²) >= 11 is 0. The number of ether oxygens (including phenoxy) is 1. The van der Waals surface area contributed by atoms with Gasteiger partial charge >= 0.3 is 6.01 Å². The molecule has 0 radical (unpaired) electrons. The van der Waals surface area contributed by atoms with E-state index in [1.165, 1.54) is 5.56 Å². The lowest BCUT2D eigenvalue weighted by Gasteiger charge is -2.26. The molecule has 2 aromatic carbocycles. The molecule has 3 heterocycles. The number of benzene rings is 2. The highest BCUT2D eigenvalue weighted by Crippen LogP contribution is 2.45. The number of nitrogens with zero attached hydrogens (tertiary/aromatic N) is 4. The first-order valence-corrected chi connectivity index (χ1v) is 9.71. The Kier molecular flexibility index (Phi) is 5.48. The van der Waals surface area contributed by atoms with Gasteiger partial charge in [0.25, 0.3) is 0 Å². The van der Waals surface area contributed by atoms with Gasteiger partial charge in [0, 0.05) is 37.2 Å². The zero-order valence-electron chi connectivity index (χ0n) is 16.6. The fourth-order valence-corrected chi connectivity index (χ4v) is 4.77. The van der Waals surface area contributed by atoms with Crippen molar-refractivity contribution in [2.75, 3.05) is 38.7 Å². The van der Waals surface area contributed by atoms with Gasteiger partial charge in [-0.05, 0) is 30.7 Å². The van der Waals surface area contributed by atoms with Crippen molar-refractivity contribution >= 4 is 18.4 Å². The predicted molar refractivity (Wildman–Crippen MR) is 115 cm³/mol. The summed E-state index contributed by atoms with van der Waals surface area (Å²) in [6, 6.07) is 19.5. The molecule has 2 fully saturated rings. The quantitative estimate of drug-likeness (QED) is 0.647. The van der Waals surface area contributed by atoms with Gasteiger partial charge in [-0.2, -0.15) is 4.98 Å². The van der Waals surface area contributed by atoms with Gasteiger partial charge in [-0.1, -0.05) is 47.6 Å². The van der Waals surface area contributed by atoms with Crippen LogP contribution in [-0.2, 0) is 0 Å². The third-order valence-corrected chi connectivity index (χ3v) is 6.07. The smallest absolute Gasteiger partial charge is 0.324 e. The molecule has 0 amide bonds. The number of hydrogen-bond acceptors (Lipinski definition) is 6. The predicted octanol–water partition coefficient (Wildman–Crippen LogP) is 3.91. The molecule has 0 N–H and O–H groups in total. The summed E-state index contributed by atoms with van der Waals surface area (Å²) in [6.07, 6.45) is 0. The zero-order valence-corrected chi connectivity index (χ0v) is 17.4. The molecule has 3 atom stereocenters. The first-order valence-electron chi connectivity index (χ1n) is 9.71. The summed E-state index contributed by atoms with van der Waals surface area (Å²) in [5.41, 5.74) is 2.32. The first-order chi connectivity index (χ1) is 13.7. The summed E-state index contributed by atoms with van der Waals surface area (Å²) in [5, 5.41) is 4.18. The van der Waals surface area contributed by atoms with Crippen LogP contribution >= 0.6 is 12.4 Å².